The Kier molecular flexibility index (Phi) is 5.87. The molecule has 28 heavy (non-hydrogen) atoms. The van der Waals surface area contributed by atoms with Crippen molar-refractivity contribution in [1.82, 2.24) is 14.7 Å². The highest BCUT2D eigenvalue weighted by atomic mass is 35.5. The molecule has 2 heterocycles. The summed E-state index contributed by atoms with van der Waals surface area (Å²) in [7, 11) is 0. The summed E-state index contributed by atoms with van der Waals surface area (Å²) in [6.45, 7) is 5.46. The minimum Gasteiger partial charge on any atom is -0.337 e. The Morgan fingerprint density at radius 2 is 1.86 bits per heavy atom. The normalized spacial score (nSPS) is 16.1. The van der Waals surface area contributed by atoms with E-state index >= 15 is 0 Å². The maximum absolute atomic E-state index is 13.2. The molecule has 6 heteroatoms. The summed E-state index contributed by atoms with van der Waals surface area (Å²) in [6.07, 6.45) is 2.68. The van der Waals surface area contributed by atoms with Crippen molar-refractivity contribution in [3.05, 3.63) is 71.4 Å². The van der Waals surface area contributed by atoms with E-state index in [9.17, 15) is 4.79 Å². The van der Waals surface area contributed by atoms with Crippen molar-refractivity contribution in [2.75, 3.05) is 13.1 Å². The van der Waals surface area contributed by atoms with Gasteiger partial charge in [-0.3, -0.25) is 4.79 Å². The molecule has 0 spiro atoms. The number of amides is 1. The predicted octanol–water partition coefficient (Wildman–Crippen LogP) is 3.75. The highest BCUT2D eigenvalue weighted by Crippen LogP contribution is 2.27. The first kappa shape index (κ1) is 20.1. The number of hydrogen-bond donors (Lipinski definition) is 1. The number of aryl methyl sites for hydroxylation is 2. The maximum Gasteiger partial charge on any atom is 0.257 e. The van der Waals surface area contributed by atoms with Crippen LogP contribution in [0, 0.1) is 13.8 Å². The van der Waals surface area contributed by atoms with E-state index < -0.39 is 0 Å². The Bertz CT molecular complexity index is 983. The molecule has 1 amide bonds. The Hall–Kier alpha value is -2.63. The van der Waals surface area contributed by atoms with Gasteiger partial charge >= 0.3 is 0 Å². The highest BCUT2D eigenvalue weighted by molar-refractivity contribution is 6.00. The van der Waals surface area contributed by atoms with Crippen molar-refractivity contribution in [2.24, 2.45) is 5.73 Å². The van der Waals surface area contributed by atoms with Gasteiger partial charge in [0.1, 0.15) is 5.69 Å². The minimum absolute atomic E-state index is 0. The Morgan fingerprint density at radius 1 is 1.11 bits per heavy atom. The molecular formula is C22H25ClN4O. The number of halogens is 1. The molecule has 4 rings (SSSR count). The first-order valence-corrected chi connectivity index (χ1v) is 9.30. The smallest absolute Gasteiger partial charge is 0.257 e. The number of para-hydroxylation sites is 1. The molecule has 0 radical (unpaired) electrons. The minimum atomic E-state index is -0.00152. The lowest BCUT2D eigenvalue weighted by Crippen LogP contribution is -2.32. The van der Waals surface area contributed by atoms with Crippen LogP contribution >= 0.6 is 12.4 Å². The van der Waals surface area contributed by atoms with Gasteiger partial charge in [0.2, 0.25) is 0 Å². The first-order valence-electron chi connectivity index (χ1n) is 9.30. The van der Waals surface area contributed by atoms with Crippen LogP contribution in [0.5, 0.6) is 0 Å². The quantitative estimate of drug-likeness (QED) is 0.733. The number of aromatic nitrogens is 2. The van der Waals surface area contributed by atoms with E-state index in [-0.39, 0.29) is 24.4 Å². The van der Waals surface area contributed by atoms with Crippen LogP contribution in [0.2, 0.25) is 0 Å². The topological polar surface area (TPSA) is 64.2 Å². The average Bonchev–Trinajstić information content (AvgIpc) is 3.31. The predicted molar refractivity (Wildman–Crippen MR) is 114 cm³/mol. The third-order valence-electron chi connectivity index (χ3n) is 5.26. The van der Waals surface area contributed by atoms with Gasteiger partial charge in [-0.15, -0.1) is 12.4 Å². The van der Waals surface area contributed by atoms with E-state index in [1.165, 1.54) is 11.1 Å². The number of benzene rings is 2. The second kappa shape index (κ2) is 8.17. The maximum atomic E-state index is 13.2. The Balaban J connectivity index is 0.00000225. The third-order valence-corrected chi connectivity index (χ3v) is 5.26. The molecule has 1 aliphatic rings. The van der Waals surface area contributed by atoms with Crippen LogP contribution in [-0.4, -0.2) is 39.7 Å². The molecule has 1 aliphatic heterocycles. The zero-order valence-electron chi connectivity index (χ0n) is 16.1. The van der Waals surface area contributed by atoms with Crippen LogP contribution in [0.3, 0.4) is 0 Å². The molecule has 5 nitrogen and oxygen atoms in total. The lowest BCUT2D eigenvalue weighted by Gasteiger charge is -2.15. The van der Waals surface area contributed by atoms with E-state index in [0.29, 0.717) is 24.3 Å². The molecule has 2 N–H and O–H groups in total. The molecule has 0 bridgehead atoms. The second-order valence-electron chi connectivity index (χ2n) is 7.27. The number of rotatable bonds is 3. The van der Waals surface area contributed by atoms with Crippen LogP contribution in [0.25, 0.3) is 16.9 Å². The van der Waals surface area contributed by atoms with Gasteiger partial charge < -0.3 is 10.6 Å². The van der Waals surface area contributed by atoms with Crippen molar-refractivity contribution in [1.29, 1.82) is 0 Å². The summed E-state index contributed by atoms with van der Waals surface area (Å²) in [4.78, 5) is 15.0. The van der Waals surface area contributed by atoms with Gasteiger partial charge in [0, 0.05) is 30.9 Å². The summed E-state index contributed by atoms with van der Waals surface area (Å²) in [5.41, 5.74) is 11.6. The third kappa shape index (κ3) is 3.81. The first-order chi connectivity index (χ1) is 13.0. The van der Waals surface area contributed by atoms with Crippen LogP contribution in [0.1, 0.15) is 27.9 Å². The SMILES string of the molecule is Cc1ccc(-c2nn(-c3ccccc3)cc2C(=O)N2CC[C@@H](N)C2)cc1C.Cl. The zero-order valence-corrected chi connectivity index (χ0v) is 16.9. The average molecular weight is 397 g/mol. The molecule has 0 aliphatic carbocycles. The largest absolute Gasteiger partial charge is 0.337 e. The molecular weight excluding hydrogens is 372 g/mol. The standard InChI is InChI=1S/C22H24N4O.ClH/c1-15-8-9-17(12-16(15)2)21-20(22(27)25-11-10-18(23)13-25)14-26(24-21)19-6-4-3-5-7-19;/h3-9,12,14,18H,10-11,13,23H2,1-2H3;1H/t18-;/m1./s1. The molecule has 3 aromatic rings. The summed E-state index contributed by atoms with van der Waals surface area (Å²) < 4.78 is 1.79. The van der Waals surface area contributed by atoms with Crippen LogP contribution < -0.4 is 5.73 Å². The van der Waals surface area contributed by atoms with E-state index in [4.69, 9.17) is 10.8 Å². The lowest BCUT2D eigenvalue weighted by atomic mass is 10.0. The number of hydrogen-bond acceptors (Lipinski definition) is 3. The molecule has 1 saturated heterocycles. The molecule has 1 fully saturated rings. The number of likely N-dealkylation sites (tertiary alicyclic amines) is 1. The highest BCUT2D eigenvalue weighted by Gasteiger charge is 2.28. The van der Waals surface area contributed by atoms with Gasteiger partial charge in [0.05, 0.1) is 11.3 Å². The van der Waals surface area contributed by atoms with E-state index in [0.717, 1.165) is 17.7 Å². The van der Waals surface area contributed by atoms with Crippen molar-refractivity contribution in [3.8, 4) is 16.9 Å². The van der Waals surface area contributed by atoms with Crippen molar-refractivity contribution in [3.63, 3.8) is 0 Å². The van der Waals surface area contributed by atoms with Gasteiger partial charge in [-0.05, 0) is 49.6 Å². The van der Waals surface area contributed by atoms with E-state index in [2.05, 4.69) is 26.0 Å². The summed E-state index contributed by atoms with van der Waals surface area (Å²) in [5.74, 6) is -0.00152. The van der Waals surface area contributed by atoms with Gasteiger partial charge in [0.15, 0.2) is 0 Å². The van der Waals surface area contributed by atoms with Crippen molar-refractivity contribution >= 4 is 18.3 Å². The van der Waals surface area contributed by atoms with Crippen molar-refractivity contribution in [2.45, 2.75) is 26.3 Å². The number of nitrogens with two attached hydrogens (primary N) is 1. The van der Waals surface area contributed by atoms with Gasteiger partial charge in [-0.2, -0.15) is 5.10 Å². The number of nitrogens with zero attached hydrogens (tertiary/aromatic N) is 3. The molecule has 1 atom stereocenters. The summed E-state index contributed by atoms with van der Waals surface area (Å²) >= 11 is 0. The van der Waals surface area contributed by atoms with Crippen LogP contribution in [0.15, 0.2) is 54.7 Å². The van der Waals surface area contributed by atoms with E-state index in [1.807, 2.05) is 47.5 Å². The second-order valence-corrected chi connectivity index (χ2v) is 7.27. The molecule has 2 aromatic carbocycles. The molecule has 146 valence electrons. The van der Waals surface area contributed by atoms with Gasteiger partial charge in [0.25, 0.3) is 5.91 Å². The number of carbonyl (C=O) groups is 1. The lowest BCUT2D eigenvalue weighted by molar-refractivity contribution is 0.0791. The molecule has 1 aromatic heterocycles. The fourth-order valence-corrected chi connectivity index (χ4v) is 3.49. The summed E-state index contributed by atoms with van der Waals surface area (Å²) in [6, 6.07) is 16.1. The Labute approximate surface area is 171 Å². The fourth-order valence-electron chi connectivity index (χ4n) is 3.49. The molecule has 0 saturated carbocycles. The number of carbonyl (C=O) groups excluding carboxylic acids is 1. The monoisotopic (exact) mass is 396 g/mol. The van der Waals surface area contributed by atoms with Crippen molar-refractivity contribution < 1.29 is 4.79 Å². The molecule has 0 unspecified atom stereocenters. The van der Waals surface area contributed by atoms with Crippen LogP contribution in [-0.2, 0) is 0 Å². The van der Waals surface area contributed by atoms with E-state index in [1.54, 1.807) is 4.68 Å². The van der Waals surface area contributed by atoms with Gasteiger partial charge in [-0.25, -0.2) is 4.68 Å². The Morgan fingerprint density at radius 3 is 2.50 bits per heavy atom. The summed E-state index contributed by atoms with van der Waals surface area (Å²) in [5, 5.41) is 4.77. The zero-order chi connectivity index (χ0) is 19.0. The van der Waals surface area contributed by atoms with Crippen LogP contribution in [0.4, 0.5) is 0 Å². The fraction of sp³-hybridized carbons (Fsp3) is 0.273. The van der Waals surface area contributed by atoms with Gasteiger partial charge in [-0.1, -0.05) is 30.3 Å².